The van der Waals surface area contributed by atoms with E-state index in [1.54, 1.807) is 24.1 Å². The summed E-state index contributed by atoms with van der Waals surface area (Å²) in [6.45, 7) is 0.640. The Morgan fingerprint density at radius 3 is 2.91 bits per heavy atom. The summed E-state index contributed by atoms with van der Waals surface area (Å²) in [5.74, 6) is 1.09. The molecule has 0 fully saturated rings. The molecule has 22 heavy (non-hydrogen) atoms. The highest BCUT2D eigenvalue weighted by Crippen LogP contribution is 2.20. The molecule has 6 nitrogen and oxygen atoms in total. The van der Waals surface area contributed by atoms with Gasteiger partial charge in [-0.05, 0) is 17.2 Å². The average molecular weight is 295 g/mol. The quantitative estimate of drug-likeness (QED) is 0.783. The number of ether oxygens (including phenoxy) is 1. The molecule has 0 aliphatic heterocycles. The predicted octanol–water partition coefficient (Wildman–Crippen LogP) is 2.50. The molecule has 0 bridgehead atoms. The summed E-state index contributed by atoms with van der Waals surface area (Å²) in [5, 5.41) is 7.40. The molecule has 112 valence electrons. The second-order valence-electron chi connectivity index (χ2n) is 4.88. The van der Waals surface area contributed by atoms with Gasteiger partial charge in [-0.2, -0.15) is 10.1 Å². The van der Waals surface area contributed by atoms with Gasteiger partial charge >= 0.3 is 0 Å². The van der Waals surface area contributed by atoms with Crippen LogP contribution in [0.2, 0.25) is 0 Å². The van der Waals surface area contributed by atoms with Gasteiger partial charge in [-0.15, -0.1) is 0 Å². The Bertz CT molecular complexity index is 768. The van der Waals surface area contributed by atoms with Crippen molar-refractivity contribution >= 4 is 5.95 Å². The number of nitrogens with one attached hydrogen (secondary N) is 1. The van der Waals surface area contributed by atoms with E-state index < -0.39 is 0 Å². The van der Waals surface area contributed by atoms with Gasteiger partial charge in [0.25, 0.3) is 0 Å². The molecule has 0 atom stereocenters. The van der Waals surface area contributed by atoms with Gasteiger partial charge in [0.05, 0.1) is 13.3 Å². The number of hydrogen-bond donors (Lipinski definition) is 1. The lowest BCUT2D eigenvalue weighted by Crippen LogP contribution is -2.04. The highest BCUT2D eigenvalue weighted by atomic mass is 16.5. The number of benzene rings is 1. The van der Waals surface area contributed by atoms with Crippen LogP contribution in [0.25, 0.3) is 11.1 Å². The van der Waals surface area contributed by atoms with Crippen LogP contribution in [-0.2, 0) is 13.6 Å². The first kappa shape index (κ1) is 14.1. The number of anilines is 1. The lowest BCUT2D eigenvalue weighted by atomic mass is 10.1. The van der Waals surface area contributed by atoms with Gasteiger partial charge in [0.2, 0.25) is 11.8 Å². The summed E-state index contributed by atoms with van der Waals surface area (Å²) in [6.07, 6.45) is 5.52. The summed E-state index contributed by atoms with van der Waals surface area (Å²) >= 11 is 0. The van der Waals surface area contributed by atoms with Crippen LogP contribution in [0.4, 0.5) is 5.95 Å². The first-order valence-corrected chi connectivity index (χ1v) is 6.93. The topological polar surface area (TPSA) is 64.9 Å². The van der Waals surface area contributed by atoms with Crippen molar-refractivity contribution in [1.82, 2.24) is 19.7 Å². The van der Waals surface area contributed by atoms with E-state index >= 15 is 0 Å². The smallest absolute Gasteiger partial charge is 0.226 e. The number of aromatic nitrogens is 4. The number of methoxy groups -OCH3 is 1. The summed E-state index contributed by atoms with van der Waals surface area (Å²) in [4.78, 5) is 8.40. The maximum Gasteiger partial charge on any atom is 0.226 e. The molecule has 3 aromatic rings. The minimum atomic E-state index is 0.543. The molecule has 0 radical (unpaired) electrons. The van der Waals surface area contributed by atoms with Crippen LogP contribution in [0.15, 0.2) is 48.9 Å². The first-order chi connectivity index (χ1) is 10.7. The summed E-state index contributed by atoms with van der Waals surface area (Å²) in [7, 11) is 3.50. The first-order valence-electron chi connectivity index (χ1n) is 6.93. The molecule has 0 saturated heterocycles. The zero-order valence-corrected chi connectivity index (χ0v) is 12.5. The predicted molar refractivity (Wildman–Crippen MR) is 84.6 cm³/mol. The molecule has 0 spiro atoms. The van der Waals surface area contributed by atoms with Crippen molar-refractivity contribution in [1.29, 1.82) is 0 Å². The Balaban J connectivity index is 1.73. The molecular formula is C16H17N5O. The lowest BCUT2D eigenvalue weighted by molar-refractivity contribution is 0.397. The van der Waals surface area contributed by atoms with E-state index in [0.29, 0.717) is 18.4 Å². The van der Waals surface area contributed by atoms with Crippen LogP contribution in [0.1, 0.15) is 5.56 Å². The van der Waals surface area contributed by atoms with Crippen LogP contribution in [0.5, 0.6) is 5.88 Å². The van der Waals surface area contributed by atoms with Gasteiger partial charge in [0.1, 0.15) is 0 Å². The van der Waals surface area contributed by atoms with Crippen LogP contribution in [0, 0.1) is 0 Å². The Hall–Kier alpha value is -2.89. The van der Waals surface area contributed by atoms with Gasteiger partial charge in [-0.3, -0.25) is 4.68 Å². The maximum atomic E-state index is 5.09. The Kier molecular flexibility index (Phi) is 4.00. The van der Waals surface area contributed by atoms with Crippen molar-refractivity contribution in [2.75, 3.05) is 12.4 Å². The second-order valence-corrected chi connectivity index (χ2v) is 4.88. The summed E-state index contributed by atoms with van der Waals surface area (Å²) in [5.41, 5.74) is 3.38. The normalized spacial score (nSPS) is 10.5. The Morgan fingerprint density at radius 1 is 1.23 bits per heavy atom. The number of nitrogens with zero attached hydrogens (tertiary/aromatic N) is 4. The molecule has 0 saturated carbocycles. The average Bonchev–Trinajstić information content (AvgIpc) is 3.00. The SMILES string of the molecule is COc1ccnc(NCc2cccc(-c3cnn(C)c3)c2)n1. The zero-order valence-electron chi connectivity index (χ0n) is 12.5. The fraction of sp³-hybridized carbons (Fsp3) is 0.188. The zero-order chi connectivity index (χ0) is 15.4. The Labute approximate surface area is 128 Å². The molecular weight excluding hydrogens is 278 g/mol. The third-order valence-electron chi connectivity index (χ3n) is 3.25. The highest BCUT2D eigenvalue weighted by Gasteiger charge is 2.03. The van der Waals surface area contributed by atoms with Crippen molar-refractivity contribution < 1.29 is 4.74 Å². The van der Waals surface area contributed by atoms with Crippen LogP contribution < -0.4 is 10.1 Å². The third kappa shape index (κ3) is 3.22. The molecule has 0 aliphatic carbocycles. The van der Waals surface area contributed by atoms with Crippen molar-refractivity contribution in [3.8, 4) is 17.0 Å². The third-order valence-corrected chi connectivity index (χ3v) is 3.25. The van der Waals surface area contributed by atoms with E-state index in [0.717, 1.165) is 16.7 Å². The van der Waals surface area contributed by atoms with E-state index in [4.69, 9.17) is 4.74 Å². The van der Waals surface area contributed by atoms with Crippen LogP contribution >= 0.6 is 0 Å². The molecule has 2 heterocycles. The molecule has 3 rings (SSSR count). The van der Waals surface area contributed by atoms with Gasteiger partial charge < -0.3 is 10.1 Å². The molecule has 1 aromatic carbocycles. The van der Waals surface area contributed by atoms with Gasteiger partial charge in [-0.25, -0.2) is 4.98 Å². The number of hydrogen-bond acceptors (Lipinski definition) is 5. The fourth-order valence-corrected chi connectivity index (χ4v) is 2.15. The van der Waals surface area contributed by atoms with Crippen LogP contribution in [-0.4, -0.2) is 26.9 Å². The van der Waals surface area contributed by atoms with Gasteiger partial charge in [0, 0.05) is 37.6 Å². The van der Waals surface area contributed by atoms with Gasteiger partial charge in [0.15, 0.2) is 0 Å². The lowest BCUT2D eigenvalue weighted by Gasteiger charge is -2.07. The second kappa shape index (κ2) is 6.26. The van der Waals surface area contributed by atoms with Crippen LogP contribution in [0.3, 0.4) is 0 Å². The fourth-order valence-electron chi connectivity index (χ4n) is 2.15. The van der Waals surface area contributed by atoms with E-state index in [1.165, 1.54) is 0 Å². The minimum Gasteiger partial charge on any atom is -0.481 e. The monoisotopic (exact) mass is 295 g/mol. The van der Waals surface area contributed by atoms with E-state index in [1.807, 2.05) is 25.5 Å². The standard InChI is InChI=1S/C16H17N5O/c1-21-11-14(10-19-21)13-5-3-4-12(8-13)9-18-16-17-7-6-15(20-16)22-2/h3-8,10-11H,9H2,1-2H3,(H,17,18,20). The van der Waals surface area contributed by atoms with E-state index in [-0.39, 0.29) is 0 Å². The summed E-state index contributed by atoms with van der Waals surface area (Å²) in [6, 6.07) is 10.0. The van der Waals surface area contributed by atoms with Gasteiger partial charge in [-0.1, -0.05) is 18.2 Å². The summed E-state index contributed by atoms with van der Waals surface area (Å²) < 4.78 is 6.88. The van der Waals surface area contributed by atoms with E-state index in [9.17, 15) is 0 Å². The van der Waals surface area contributed by atoms with Crippen molar-refractivity contribution in [3.05, 3.63) is 54.5 Å². The van der Waals surface area contributed by atoms with Crippen molar-refractivity contribution in [2.45, 2.75) is 6.54 Å². The molecule has 1 N–H and O–H groups in total. The molecule has 0 amide bonds. The minimum absolute atomic E-state index is 0.543. The molecule has 2 aromatic heterocycles. The largest absolute Gasteiger partial charge is 0.481 e. The highest BCUT2D eigenvalue weighted by molar-refractivity contribution is 5.62. The number of aryl methyl sites for hydroxylation is 1. The number of rotatable bonds is 5. The molecule has 0 aliphatic rings. The maximum absolute atomic E-state index is 5.09. The Morgan fingerprint density at radius 2 is 2.14 bits per heavy atom. The van der Waals surface area contributed by atoms with Crippen molar-refractivity contribution in [2.24, 2.45) is 7.05 Å². The molecule has 6 heteroatoms. The van der Waals surface area contributed by atoms with Crippen molar-refractivity contribution in [3.63, 3.8) is 0 Å². The molecule has 0 unspecified atom stereocenters. The van der Waals surface area contributed by atoms with E-state index in [2.05, 4.69) is 38.6 Å².